The number of halogens is 3. The van der Waals surface area contributed by atoms with Gasteiger partial charge in [0.25, 0.3) is 0 Å². The molecule has 0 aliphatic carbocycles. The van der Waals surface area contributed by atoms with Crippen LogP contribution in [0.25, 0.3) is 0 Å². The maximum atomic E-state index is 12.1. The fraction of sp³-hybridized carbons (Fsp3) is 0.400. The van der Waals surface area contributed by atoms with Gasteiger partial charge in [0.05, 0.1) is 14.2 Å². The van der Waals surface area contributed by atoms with Crippen LogP contribution in [0.5, 0.6) is 11.6 Å². The Bertz CT molecular complexity index is 477. The van der Waals surface area contributed by atoms with Crippen molar-refractivity contribution in [2.24, 2.45) is 5.73 Å². The van der Waals surface area contributed by atoms with E-state index in [1.807, 2.05) is 0 Å². The van der Waals surface area contributed by atoms with E-state index in [2.05, 4.69) is 14.5 Å². The van der Waals surface area contributed by atoms with Crippen LogP contribution >= 0.6 is 0 Å². The Morgan fingerprint density at radius 3 is 2.47 bits per heavy atom. The number of nitrogens with zero attached hydrogens (tertiary/aromatic N) is 1. The third-order valence-electron chi connectivity index (χ3n) is 2.05. The zero-order chi connectivity index (χ0) is 14.6. The zero-order valence-corrected chi connectivity index (χ0v) is 10.1. The highest BCUT2D eigenvalue weighted by molar-refractivity contribution is 5.91. The highest BCUT2D eigenvalue weighted by Crippen LogP contribution is 2.29. The molecule has 1 heterocycles. The lowest BCUT2D eigenvalue weighted by Gasteiger charge is -2.14. The molecular formula is C10H11F3N2O4. The molecule has 6 nitrogen and oxygen atoms in total. The van der Waals surface area contributed by atoms with Crippen molar-refractivity contribution in [3.05, 3.63) is 17.3 Å². The Balaban J connectivity index is 3.34. The van der Waals surface area contributed by atoms with Crippen molar-refractivity contribution in [1.29, 1.82) is 0 Å². The topological polar surface area (TPSA) is 83.7 Å². The molecule has 0 fully saturated rings. The minimum absolute atomic E-state index is 0.0520. The number of alkyl halides is 3. The molecule has 0 spiro atoms. The summed E-state index contributed by atoms with van der Waals surface area (Å²) in [7, 11) is 2.29. The van der Waals surface area contributed by atoms with Crippen molar-refractivity contribution < 1.29 is 32.2 Å². The van der Waals surface area contributed by atoms with Gasteiger partial charge in [0.1, 0.15) is 0 Å². The van der Waals surface area contributed by atoms with Gasteiger partial charge in [-0.25, -0.2) is 9.78 Å². The van der Waals surface area contributed by atoms with E-state index in [4.69, 9.17) is 10.5 Å². The number of ether oxygens (including phenoxy) is 3. The quantitative estimate of drug-likeness (QED) is 0.835. The van der Waals surface area contributed by atoms with Gasteiger partial charge in [-0.1, -0.05) is 0 Å². The van der Waals surface area contributed by atoms with Gasteiger partial charge in [-0.3, -0.25) is 0 Å². The summed E-state index contributed by atoms with van der Waals surface area (Å²) in [4.78, 5) is 14.8. The summed E-state index contributed by atoms with van der Waals surface area (Å²) in [5, 5.41) is 0. The van der Waals surface area contributed by atoms with Crippen molar-refractivity contribution in [1.82, 2.24) is 4.98 Å². The van der Waals surface area contributed by atoms with E-state index in [0.29, 0.717) is 0 Å². The molecule has 0 amide bonds. The van der Waals surface area contributed by atoms with Gasteiger partial charge in [0.15, 0.2) is 11.4 Å². The molecular weight excluding hydrogens is 269 g/mol. The SMILES string of the molecule is COC(=O)c1nc(OC(F)(F)F)cc(CN)c1OC. The normalized spacial score (nSPS) is 11.1. The second-order valence-corrected chi connectivity index (χ2v) is 3.24. The first kappa shape index (κ1) is 15.0. The molecule has 0 radical (unpaired) electrons. The number of nitrogens with two attached hydrogens (primary N) is 1. The average molecular weight is 280 g/mol. The Morgan fingerprint density at radius 2 is 2.05 bits per heavy atom. The molecule has 2 N–H and O–H groups in total. The molecule has 0 bridgehead atoms. The van der Waals surface area contributed by atoms with Crippen LogP contribution in [-0.2, 0) is 11.3 Å². The predicted octanol–water partition coefficient (Wildman–Crippen LogP) is 1.23. The Kier molecular flexibility index (Phi) is 4.54. The van der Waals surface area contributed by atoms with Gasteiger partial charge in [-0.15, -0.1) is 13.2 Å². The molecule has 19 heavy (non-hydrogen) atoms. The first-order chi connectivity index (χ1) is 8.82. The Hall–Kier alpha value is -2.03. The van der Waals surface area contributed by atoms with E-state index in [1.165, 1.54) is 7.11 Å². The predicted molar refractivity (Wildman–Crippen MR) is 56.7 cm³/mol. The Morgan fingerprint density at radius 1 is 1.42 bits per heavy atom. The van der Waals surface area contributed by atoms with E-state index < -0.39 is 23.9 Å². The number of hydrogen-bond acceptors (Lipinski definition) is 6. The summed E-state index contributed by atoms with van der Waals surface area (Å²) < 4.78 is 49.3. The molecule has 0 atom stereocenters. The van der Waals surface area contributed by atoms with Gasteiger partial charge in [-0.2, -0.15) is 0 Å². The van der Waals surface area contributed by atoms with E-state index in [1.54, 1.807) is 0 Å². The maximum Gasteiger partial charge on any atom is 0.574 e. The van der Waals surface area contributed by atoms with Crippen molar-refractivity contribution >= 4 is 5.97 Å². The summed E-state index contributed by atoms with van der Waals surface area (Å²) in [5.74, 6) is -1.82. The fourth-order valence-electron chi connectivity index (χ4n) is 1.35. The van der Waals surface area contributed by atoms with Gasteiger partial charge in [0.2, 0.25) is 5.88 Å². The summed E-state index contributed by atoms with van der Waals surface area (Å²) in [6.07, 6.45) is -4.93. The molecule has 0 unspecified atom stereocenters. The molecule has 106 valence electrons. The lowest BCUT2D eigenvalue weighted by Crippen LogP contribution is -2.20. The van der Waals surface area contributed by atoms with Crippen LogP contribution < -0.4 is 15.2 Å². The number of pyridine rings is 1. The molecule has 0 aliphatic heterocycles. The van der Waals surface area contributed by atoms with Crippen LogP contribution in [0.3, 0.4) is 0 Å². The molecule has 1 aromatic rings. The molecule has 1 rings (SSSR count). The van der Waals surface area contributed by atoms with Gasteiger partial charge < -0.3 is 19.9 Å². The van der Waals surface area contributed by atoms with Crippen LogP contribution in [-0.4, -0.2) is 31.5 Å². The number of aromatic nitrogens is 1. The van der Waals surface area contributed by atoms with Crippen molar-refractivity contribution in [2.75, 3.05) is 14.2 Å². The maximum absolute atomic E-state index is 12.1. The first-order valence-corrected chi connectivity index (χ1v) is 4.94. The lowest BCUT2D eigenvalue weighted by molar-refractivity contribution is -0.276. The van der Waals surface area contributed by atoms with Crippen molar-refractivity contribution in [2.45, 2.75) is 12.9 Å². The fourth-order valence-corrected chi connectivity index (χ4v) is 1.35. The average Bonchev–Trinajstić information content (AvgIpc) is 2.34. The first-order valence-electron chi connectivity index (χ1n) is 4.94. The third kappa shape index (κ3) is 3.71. The van der Waals surface area contributed by atoms with Crippen molar-refractivity contribution in [3.63, 3.8) is 0 Å². The van der Waals surface area contributed by atoms with Crippen LogP contribution in [0, 0.1) is 0 Å². The zero-order valence-electron chi connectivity index (χ0n) is 10.1. The van der Waals surface area contributed by atoms with Gasteiger partial charge in [0, 0.05) is 18.2 Å². The second kappa shape index (κ2) is 5.74. The molecule has 9 heteroatoms. The summed E-state index contributed by atoms with van der Waals surface area (Å²) in [6, 6.07) is 0.943. The minimum Gasteiger partial charge on any atom is -0.494 e. The van der Waals surface area contributed by atoms with Crippen LogP contribution in [0.2, 0.25) is 0 Å². The minimum atomic E-state index is -4.93. The standard InChI is InChI=1S/C10H11F3N2O4/c1-17-8-5(4-14)3-6(19-10(11,12)13)15-7(8)9(16)18-2/h3H,4,14H2,1-2H3. The molecule has 0 saturated heterocycles. The number of carbonyl (C=O) groups is 1. The number of hydrogen-bond donors (Lipinski definition) is 1. The van der Waals surface area contributed by atoms with E-state index in [0.717, 1.165) is 13.2 Å². The molecule has 0 aromatic carbocycles. The summed E-state index contributed by atoms with van der Waals surface area (Å²) in [6.45, 7) is -0.163. The highest BCUT2D eigenvalue weighted by atomic mass is 19.4. The number of esters is 1. The Labute approximate surface area is 106 Å². The van der Waals surface area contributed by atoms with E-state index in [9.17, 15) is 18.0 Å². The third-order valence-corrected chi connectivity index (χ3v) is 2.05. The number of rotatable bonds is 4. The lowest BCUT2D eigenvalue weighted by atomic mass is 10.2. The van der Waals surface area contributed by atoms with Crippen LogP contribution in [0.15, 0.2) is 6.07 Å². The van der Waals surface area contributed by atoms with Gasteiger partial charge in [-0.05, 0) is 0 Å². The van der Waals surface area contributed by atoms with Gasteiger partial charge >= 0.3 is 12.3 Å². The van der Waals surface area contributed by atoms with Crippen LogP contribution in [0.1, 0.15) is 16.1 Å². The van der Waals surface area contributed by atoms with Crippen molar-refractivity contribution in [3.8, 4) is 11.6 Å². The van der Waals surface area contributed by atoms with E-state index in [-0.39, 0.29) is 17.9 Å². The monoisotopic (exact) mass is 280 g/mol. The number of methoxy groups -OCH3 is 2. The molecule has 0 aliphatic rings. The highest BCUT2D eigenvalue weighted by Gasteiger charge is 2.33. The molecule has 0 saturated carbocycles. The molecule has 1 aromatic heterocycles. The largest absolute Gasteiger partial charge is 0.574 e. The number of carbonyl (C=O) groups excluding carboxylic acids is 1. The smallest absolute Gasteiger partial charge is 0.494 e. The summed E-state index contributed by atoms with van der Waals surface area (Å²) in [5.41, 5.74) is 5.07. The second-order valence-electron chi connectivity index (χ2n) is 3.24. The summed E-state index contributed by atoms with van der Waals surface area (Å²) >= 11 is 0. The van der Waals surface area contributed by atoms with Crippen LogP contribution in [0.4, 0.5) is 13.2 Å². The van der Waals surface area contributed by atoms with E-state index >= 15 is 0 Å².